The quantitative estimate of drug-likeness (QED) is 0.926. The van der Waals surface area contributed by atoms with E-state index < -0.39 is 0 Å². The van der Waals surface area contributed by atoms with Crippen molar-refractivity contribution in [2.75, 3.05) is 13.2 Å². The zero-order chi connectivity index (χ0) is 13.8. The number of rotatable bonds is 4. The minimum Gasteiger partial charge on any atom is -0.489 e. The summed E-state index contributed by atoms with van der Waals surface area (Å²) >= 11 is 0. The van der Waals surface area contributed by atoms with E-state index in [9.17, 15) is 0 Å². The Morgan fingerprint density at radius 1 is 1.30 bits per heavy atom. The molecular formula is C16H19N3O. The molecule has 1 saturated heterocycles. The molecule has 0 radical (unpaired) electrons. The average Bonchev–Trinajstić information content (AvgIpc) is 2.99. The number of aromatic nitrogens is 2. The first-order chi connectivity index (χ1) is 9.81. The second kappa shape index (κ2) is 6.01. The first-order valence-electron chi connectivity index (χ1n) is 7.06. The van der Waals surface area contributed by atoms with Crippen molar-refractivity contribution in [2.24, 2.45) is 0 Å². The summed E-state index contributed by atoms with van der Waals surface area (Å²) in [5.74, 6) is 1.47. The van der Waals surface area contributed by atoms with Crippen LogP contribution in [-0.4, -0.2) is 29.2 Å². The van der Waals surface area contributed by atoms with E-state index in [2.05, 4.69) is 34.3 Å². The van der Waals surface area contributed by atoms with Gasteiger partial charge in [-0.15, -0.1) is 0 Å². The van der Waals surface area contributed by atoms with E-state index in [1.54, 1.807) is 12.4 Å². The molecule has 1 fully saturated rings. The number of nitrogens with one attached hydrogen (secondary N) is 1. The fraction of sp³-hybridized carbons (Fsp3) is 0.375. The number of benzene rings is 1. The molecule has 0 amide bonds. The predicted octanol–water partition coefficient (Wildman–Crippen LogP) is 2.58. The van der Waals surface area contributed by atoms with Gasteiger partial charge >= 0.3 is 0 Å². The minimum atomic E-state index is 0.464. The van der Waals surface area contributed by atoms with Crippen LogP contribution >= 0.6 is 0 Å². The molecule has 2 heterocycles. The maximum Gasteiger partial charge on any atom is 0.159 e. The van der Waals surface area contributed by atoms with Crippen molar-refractivity contribution in [1.82, 2.24) is 15.3 Å². The fourth-order valence-electron chi connectivity index (χ4n) is 2.42. The van der Waals surface area contributed by atoms with E-state index >= 15 is 0 Å². The monoisotopic (exact) mass is 269 g/mol. The molecule has 4 nitrogen and oxygen atoms in total. The Morgan fingerprint density at radius 2 is 2.15 bits per heavy atom. The van der Waals surface area contributed by atoms with Crippen molar-refractivity contribution >= 4 is 0 Å². The maximum absolute atomic E-state index is 5.72. The first-order valence-corrected chi connectivity index (χ1v) is 7.06. The van der Waals surface area contributed by atoms with Crippen molar-refractivity contribution in [3.63, 3.8) is 0 Å². The summed E-state index contributed by atoms with van der Waals surface area (Å²) in [7, 11) is 0. The number of ether oxygens (including phenoxy) is 1. The van der Waals surface area contributed by atoms with Crippen LogP contribution in [0, 0.1) is 6.92 Å². The summed E-state index contributed by atoms with van der Waals surface area (Å²) in [6.45, 7) is 3.85. The van der Waals surface area contributed by atoms with Crippen molar-refractivity contribution in [3.05, 3.63) is 42.2 Å². The third-order valence-electron chi connectivity index (χ3n) is 3.52. The minimum absolute atomic E-state index is 0.464. The van der Waals surface area contributed by atoms with Crippen LogP contribution < -0.4 is 10.1 Å². The molecule has 0 spiro atoms. The average molecular weight is 269 g/mol. The van der Waals surface area contributed by atoms with Crippen LogP contribution in [0.15, 0.2) is 36.7 Å². The van der Waals surface area contributed by atoms with Crippen LogP contribution in [0.4, 0.5) is 0 Å². The largest absolute Gasteiger partial charge is 0.489 e. The Morgan fingerprint density at radius 3 is 2.85 bits per heavy atom. The molecule has 1 aliphatic heterocycles. The molecule has 0 bridgehead atoms. The predicted molar refractivity (Wildman–Crippen MR) is 78.7 cm³/mol. The first kappa shape index (κ1) is 13.1. The van der Waals surface area contributed by atoms with Gasteiger partial charge < -0.3 is 10.1 Å². The zero-order valence-corrected chi connectivity index (χ0v) is 11.7. The normalized spacial score (nSPS) is 18.1. The Bertz CT molecular complexity index is 562. The van der Waals surface area contributed by atoms with Gasteiger partial charge in [0.25, 0.3) is 0 Å². The van der Waals surface area contributed by atoms with Gasteiger partial charge in [-0.3, -0.25) is 0 Å². The van der Waals surface area contributed by atoms with E-state index in [0.717, 1.165) is 23.7 Å². The van der Waals surface area contributed by atoms with Gasteiger partial charge in [-0.2, -0.15) is 0 Å². The van der Waals surface area contributed by atoms with E-state index in [1.165, 1.54) is 18.4 Å². The third kappa shape index (κ3) is 3.14. The van der Waals surface area contributed by atoms with E-state index in [4.69, 9.17) is 4.74 Å². The molecule has 4 heteroatoms. The summed E-state index contributed by atoms with van der Waals surface area (Å²) in [6.07, 6.45) is 5.91. The zero-order valence-electron chi connectivity index (χ0n) is 11.7. The number of hydrogen-bond donors (Lipinski definition) is 1. The van der Waals surface area contributed by atoms with Gasteiger partial charge in [-0.05, 0) is 32.4 Å². The Labute approximate surface area is 119 Å². The van der Waals surface area contributed by atoms with Crippen LogP contribution in [0.5, 0.6) is 5.75 Å². The molecule has 1 aromatic carbocycles. The maximum atomic E-state index is 5.72. The van der Waals surface area contributed by atoms with Crippen molar-refractivity contribution in [2.45, 2.75) is 25.8 Å². The van der Waals surface area contributed by atoms with Gasteiger partial charge in [-0.25, -0.2) is 9.97 Å². The highest BCUT2D eigenvalue weighted by Crippen LogP contribution is 2.18. The van der Waals surface area contributed by atoms with Gasteiger partial charge in [0.05, 0.1) is 12.4 Å². The summed E-state index contributed by atoms with van der Waals surface area (Å²) in [6, 6.07) is 8.65. The summed E-state index contributed by atoms with van der Waals surface area (Å²) in [4.78, 5) is 8.76. The lowest BCUT2D eigenvalue weighted by molar-refractivity contribution is 0.275. The lowest BCUT2D eigenvalue weighted by Gasteiger charge is -2.11. The van der Waals surface area contributed by atoms with Crippen molar-refractivity contribution in [1.29, 1.82) is 0 Å². The second-order valence-corrected chi connectivity index (χ2v) is 5.22. The van der Waals surface area contributed by atoms with Crippen molar-refractivity contribution in [3.8, 4) is 17.1 Å². The summed E-state index contributed by atoms with van der Waals surface area (Å²) in [5, 5.41) is 3.40. The molecule has 2 aromatic rings. The highest BCUT2D eigenvalue weighted by Gasteiger charge is 2.14. The summed E-state index contributed by atoms with van der Waals surface area (Å²) < 4.78 is 5.72. The molecule has 3 rings (SSSR count). The molecular weight excluding hydrogens is 250 g/mol. The van der Waals surface area contributed by atoms with E-state index in [0.29, 0.717) is 12.6 Å². The van der Waals surface area contributed by atoms with Crippen molar-refractivity contribution < 1.29 is 4.74 Å². The molecule has 0 saturated carbocycles. The van der Waals surface area contributed by atoms with Crippen LogP contribution in [-0.2, 0) is 0 Å². The molecule has 20 heavy (non-hydrogen) atoms. The molecule has 1 unspecified atom stereocenters. The van der Waals surface area contributed by atoms with Crippen LogP contribution in [0.3, 0.4) is 0 Å². The highest BCUT2D eigenvalue weighted by atomic mass is 16.5. The Balaban J connectivity index is 1.65. The molecule has 1 atom stereocenters. The van der Waals surface area contributed by atoms with Crippen LogP contribution in [0.2, 0.25) is 0 Å². The molecule has 1 aliphatic rings. The van der Waals surface area contributed by atoms with Gasteiger partial charge in [0.1, 0.15) is 6.61 Å². The fourth-order valence-corrected chi connectivity index (χ4v) is 2.42. The molecule has 1 aromatic heterocycles. The lowest BCUT2D eigenvalue weighted by atomic mass is 10.1. The third-order valence-corrected chi connectivity index (χ3v) is 3.52. The number of nitrogens with zero attached hydrogens (tertiary/aromatic N) is 2. The molecule has 0 aliphatic carbocycles. The van der Waals surface area contributed by atoms with Crippen LogP contribution in [0.1, 0.15) is 18.4 Å². The highest BCUT2D eigenvalue weighted by molar-refractivity contribution is 5.55. The van der Waals surface area contributed by atoms with E-state index in [1.807, 2.05) is 12.1 Å². The number of aryl methyl sites for hydroxylation is 1. The van der Waals surface area contributed by atoms with Gasteiger partial charge in [0.15, 0.2) is 11.6 Å². The molecule has 1 N–H and O–H groups in total. The lowest BCUT2D eigenvalue weighted by Crippen LogP contribution is -2.28. The Kier molecular flexibility index (Phi) is 3.92. The standard InChI is InChI=1S/C16H19N3O/c1-12-4-2-5-13(8-12)16-18-9-15(10-19-16)20-11-14-6-3-7-17-14/h2,4-5,8-10,14,17H,3,6-7,11H2,1H3. The Hall–Kier alpha value is -1.94. The SMILES string of the molecule is Cc1cccc(-c2ncc(OCC3CCCN3)cn2)c1. The summed E-state index contributed by atoms with van der Waals surface area (Å²) in [5.41, 5.74) is 2.24. The van der Waals surface area contributed by atoms with Crippen LogP contribution in [0.25, 0.3) is 11.4 Å². The smallest absolute Gasteiger partial charge is 0.159 e. The van der Waals surface area contributed by atoms with Gasteiger partial charge in [0, 0.05) is 11.6 Å². The topological polar surface area (TPSA) is 47.0 Å². The van der Waals surface area contributed by atoms with Gasteiger partial charge in [-0.1, -0.05) is 23.8 Å². The second-order valence-electron chi connectivity index (χ2n) is 5.22. The van der Waals surface area contributed by atoms with E-state index in [-0.39, 0.29) is 0 Å². The molecule has 104 valence electrons. The van der Waals surface area contributed by atoms with Gasteiger partial charge in [0.2, 0.25) is 0 Å². The number of hydrogen-bond acceptors (Lipinski definition) is 4.